The predicted molar refractivity (Wildman–Crippen MR) is 110 cm³/mol. The van der Waals surface area contributed by atoms with E-state index < -0.39 is 0 Å². The smallest absolute Gasteiger partial charge is 0.0985 e. The largest absolute Gasteiger partial charge is 0.369 e. The first-order valence-electron chi connectivity index (χ1n) is 9.11. The van der Waals surface area contributed by atoms with Crippen LogP contribution in [0.25, 0.3) is 6.08 Å². The first-order valence-corrected chi connectivity index (χ1v) is 9.99. The third-order valence-corrected chi connectivity index (χ3v) is 6.15. The highest BCUT2D eigenvalue weighted by Crippen LogP contribution is 2.43. The van der Waals surface area contributed by atoms with Gasteiger partial charge in [-0.05, 0) is 36.8 Å². The summed E-state index contributed by atoms with van der Waals surface area (Å²) >= 11 is 1.94. The number of thioether (sulfide) groups is 1. The van der Waals surface area contributed by atoms with E-state index in [2.05, 4.69) is 82.7 Å². The van der Waals surface area contributed by atoms with Crippen LogP contribution in [0.4, 0.5) is 11.4 Å². The van der Waals surface area contributed by atoms with E-state index >= 15 is 0 Å². The molecule has 1 N–H and O–H groups in total. The van der Waals surface area contributed by atoms with Crippen molar-refractivity contribution in [3.63, 3.8) is 0 Å². The van der Waals surface area contributed by atoms with E-state index in [-0.39, 0.29) is 0 Å². The third kappa shape index (κ3) is 3.55. The second-order valence-corrected chi connectivity index (χ2v) is 7.61. The van der Waals surface area contributed by atoms with Gasteiger partial charge in [0, 0.05) is 43.3 Å². The van der Waals surface area contributed by atoms with Crippen molar-refractivity contribution in [2.24, 2.45) is 0 Å². The van der Waals surface area contributed by atoms with Crippen LogP contribution in [0, 0.1) is 0 Å². The second kappa shape index (κ2) is 7.54. The highest BCUT2D eigenvalue weighted by molar-refractivity contribution is 8.00. The maximum atomic E-state index is 3.40. The van der Waals surface area contributed by atoms with Crippen molar-refractivity contribution in [1.82, 2.24) is 5.32 Å². The first kappa shape index (κ1) is 16.6. The highest BCUT2D eigenvalue weighted by Gasteiger charge is 2.26. The van der Waals surface area contributed by atoms with Gasteiger partial charge >= 0.3 is 0 Å². The molecule has 1 fully saturated rings. The standard InChI is InChI=1S/C21H25N3S/c1-2-24-19-5-3-4-6-20(19)25-21(24)12-9-17-7-10-18(11-8-17)23-15-13-22-14-16-23/h3-12,21-22H,2,13-16H2,1H3. The summed E-state index contributed by atoms with van der Waals surface area (Å²) in [7, 11) is 0. The SMILES string of the molecule is CCN1c2ccccc2SC1C=Cc1ccc(N2CCNCC2)cc1. The lowest BCUT2D eigenvalue weighted by Gasteiger charge is -2.29. The Bertz CT molecular complexity index is 735. The summed E-state index contributed by atoms with van der Waals surface area (Å²) in [4.78, 5) is 6.30. The Morgan fingerprint density at radius 1 is 1.08 bits per heavy atom. The molecule has 0 saturated carbocycles. The lowest BCUT2D eigenvalue weighted by atomic mass is 10.1. The topological polar surface area (TPSA) is 18.5 Å². The van der Waals surface area contributed by atoms with E-state index in [0.29, 0.717) is 5.37 Å². The molecule has 2 aromatic carbocycles. The maximum absolute atomic E-state index is 3.40. The number of hydrogen-bond acceptors (Lipinski definition) is 4. The van der Waals surface area contributed by atoms with Crippen LogP contribution in [0.5, 0.6) is 0 Å². The number of para-hydroxylation sites is 1. The summed E-state index contributed by atoms with van der Waals surface area (Å²) in [6, 6.07) is 17.7. The van der Waals surface area contributed by atoms with E-state index in [9.17, 15) is 0 Å². The molecule has 2 aromatic rings. The molecule has 0 radical (unpaired) electrons. The van der Waals surface area contributed by atoms with Crippen LogP contribution in [0.2, 0.25) is 0 Å². The first-order chi connectivity index (χ1) is 12.3. The van der Waals surface area contributed by atoms with Gasteiger partial charge in [0.15, 0.2) is 0 Å². The van der Waals surface area contributed by atoms with Crippen LogP contribution in [-0.4, -0.2) is 38.1 Å². The van der Waals surface area contributed by atoms with Crippen LogP contribution in [0.1, 0.15) is 12.5 Å². The molecule has 4 rings (SSSR count). The van der Waals surface area contributed by atoms with Gasteiger partial charge in [0.25, 0.3) is 0 Å². The fraction of sp³-hybridized carbons (Fsp3) is 0.333. The van der Waals surface area contributed by atoms with Gasteiger partial charge in [-0.3, -0.25) is 0 Å². The van der Waals surface area contributed by atoms with Gasteiger partial charge in [0.1, 0.15) is 0 Å². The monoisotopic (exact) mass is 351 g/mol. The normalized spacial score (nSPS) is 20.3. The summed E-state index contributed by atoms with van der Waals surface area (Å²) < 4.78 is 0. The lowest BCUT2D eigenvalue weighted by Crippen LogP contribution is -2.43. The lowest BCUT2D eigenvalue weighted by molar-refractivity contribution is 0.589. The molecular weight excluding hydrogens is 326 g/mol. The molecule has 1 saturated heterocycles. The average molecular weight is 352 g/mol. The molecule has 0 amide bonds. The summed E-state index contributed by atoms with van der Waals surface area (Å²) in [5.41, 5.74) is 3.96. The minimum atomic E-state index is 0.384. The van der Waals surface area contributed by atoms with E-state index in [1.165, 1.54) is 21.8 Å². The van der Waals surface area contributed by atoms with Crippen LogP contribution >= 0.6 is 11.8 Å². The van der Waals surface area contributed by atoms with Gasteiger partial charge in [-0.2, -0.15) is 0 Å². The fourth-order valence-electron chi connectivity index (χ4n) is 3.53. The van der Waals surface area contributed by atoms with Crippen molar-refractivity contribution >= 4 is 29.2 Å². The molecule has 0 bridgehead atoms. The molecule has 0 aliphatic carbocycles. The van der Waals surface area contributed by atoms with Crippen LogP contribution in [-0.2, 0) is 0 Å². The summed E-state index contributed by atoms with van der Waals surface area (Å²) in [5.74, 6) is 0. The molecule has 3 nitrogen and oxygen atoms in total. The molecule has 2 heterocycles. The number of anilines is 2. The van der Waals surface area contributed by atoms with Gasteiger partial charge in [0.2, 0.25) is 0 Å². The Kier molecular flexibility index (Phi) is 4.99. The summed E-state index contributed by atoms with van der Waals surface area (Å²) in [6.45, 7) is 7.60. The van der Waals surface area contributed by atoms with Crippen molar-refractivity contribution in [2.75, 3.05) is 42.5 Å². The number of hydrogen-bond donors (Lipinski definition) is 1. The number of likely N-dealkylation sites (N-methyl/N-ethyl adjacent to an activating group) is 1. The fourth-order valence-corrected chi connectivity index (χ4v) is 4.80. The van der Waals surface area contributed by atoms with Crippen molar-refractivity contribution in [1.29, 1.82) is 0 Å². The van der Waals surface area contributed by atoms with Crippen molar-refractivity contribution in [2.45, 2.75) is 17.2 Å². The molecule has 2 aliphatic heterocycles. The Balaban J connectivity index is 1.45. The third-order valence-electron chi connectivity index (χ3n) is 4.90. The van der Waals surface area contributed by atoms with Crippen LogP contribution in [0.3, 0.4) is 0 Å². The Morgan fingerprint density at radius 3 is 2.60 bits per heavy atom. The second-order valence-electron chi connectivity index (χ2n) is 6.45. The molecule has 1 unspecified atom stereocenters. The molecule has 2 aliphatic rings. The van der Waals surface area contributed by atoms with Crippen molar-refractivity contribution < 1.29 is 0 Å². The number of rotatable bonds is 4. The zero-order valence-corrected chi connectivity index (χ0v) is 15.5. The Morgan fingerprint density at radius 2 is 1.84 bits per heavy atom. The molecular formula is C21H25N3S. The molecule has 4 heteroatoms. The zero-order chi connectivity index (χ0) is 17.1. The van der Waals surface area contributed by atoms with E-state index in [1.54, 1.807) is 0 Å². The summed E-state index contributed by atoms with van der Waals surface area (Å²) in [5, 5.41) is 3.79. The highest BCUT2D eigenvalue weighted by atomic mass is 32.2. The Labute approximate surface area is 154 Å². The van der Waals surface area contributed by atoms with Crippen LogP contribution < -0.4 is 15.1 Å². The predicted octanol–water partition coefficient (Wildman–Crippen LogP) is 4.07. The quantitative estimate of drug-likeness (QED) is 0.895. The Hall–Kier alpha value is -1.91. The van der Waals surface area contributed by atoms with Crippen molar-refractivity contribution in [3.8, 4) is 0 Å². The van der Waals surface area contributed by atoms with Gasteiger partial charge in [-0.1, -0.05) is 48.2 Å². The molecule has 0 spiro atoms. The minimum absolute atomic E-state index is 0.384. The molecule has 0 aromatic heterocycles. The average Bonchev–Trinajstić information content (AvgIpc) is 3.05. The number of nitrogens with one attached hydrogen (secondary N) is 1. The number of fused-ring (bicyclic) bond motifs is 1. The molecule has 25 heavy (non-hydrogen) atoms. The van der Waals surface area contributed by atoms with Gasteiger partial charge in [0.05, 0.1) is 11.1 Å². The number of nitrogens with zero attached hydrogens (tertiary/aromatic N) is 2. The van der Waals surface area contributed by atoms with Gasteiger partial charge < -0.3 is 15.1 Å². The van der Waals surface area contributed by atoms with Gasteiger partial charge in [-0.15, -0.1) is 0 Å². The van der Waals surface area contributed by atoms with E-state index in [0.717, 1.165) is 32.7 Å². The van der Waals surface area contributed by atoms with Crippen LogP contribution in [0.15, 0.2) is 59.5 Å². The zero-order valence-electron chi connectivity index (χ0n) is 14.7. The maximum Gasteiger partial charge on any atom is 0.0985 e. The van der Waals surface area contributed by atoms with E-state index in [1.807, 2.05) is 11.8 Å². The number of piperazine rings is 1. The van der Waals surface area contributed by atoms with Crippen molar-refractivity contribution in [3.05, 3.63) is 60.2 Å². The minimum Gasteiger partial charge on any atom is -0.369 e. The van der Waals surface area contributed by atoms with Gasteiger partial charge in [-0.25, -0.2) is 0 Å². The molecule has 130 valence electrons. The number of benzene rings is 2. The summed E-state index contributed by atoms with van der Waals surface area (Å²) in [6.07, 6.45) is 4.59. The molecule has 1 atom stereocenters. The van der Waals surface area contributed by atoms with E-state index in [4.69, 9.17) is 0 Å².